The molecule has 7 nitrogen and oxygen atoms in total. The monoisotopic (exact) mass is 351 g/mol. The molecule has 1 aromatic heterocycles. The minimum Gasteiger partial charge on any atom is -0.382 e. The van der Waals surface area contributed by atoms with Gasteiger partial charge in [0.15, 0.2) is 5.82 Å². The molecule has 1 unspecified atom stereocenters. The highest BCUT2D eigenvalue weighted by atomic mass is 16.5. The summed E-state index contributed by atoms with van der Waals surface area (Å²) in [5.74, 6) is 1.88. The second kappa shape index (κ2) is 9.29. The number of likely N-dealkylation sites (tertiary alicyclic amines) is 1. The van der Waals surface area contributed by atoms with E-state index >= 15 is 0 Å². The molecule has 3 rings (SSSR count). The summed E-state index contributed by atoms with van der Waals surface area (Å²) in [5.41, 5.74) is 0. The highest BCUT2D eigenvalue weighted by molar-refractivity contribution is 5.77. The molecule has 2 aliphatic rings. The molecular weight excluding hydrogens is 322 g/mol. The lowest BCUT2D eigenvalue weighted by atomic mass is 9.98. The third-order valence-corrected chi connectivity index (χ3v) is 5.20. The maximum Gasteiger partial charge on any atom is 0.252 e. The molecule has 1 saturated carbocycles. The number of methoxy groups -OCH3 is 1. The molecule has 7 heteroatoms. The predicted molar refractivity (Wildman–Crippen MR) is 90.7 cm³/mol. The number of hydrogen-bond acceptors (Lipinski definition) is 6. The van der Waals surface area contributed by atoms with Crippen molar-refractivity contribution in [2.24, 2.45) is 5.92 Å². The molecule has 0 spiro atoms. The number of hydrogen-bond donors (Lipinski definition) is 0. The highest BCUT2D eigenvalue weighted by Gasteiger charge is 2.32. The van der Waals surface area contributed by atoms with Crippen LogP contribution in [0.1, 0.15) is 69.1 Å². The van der Waals surface area contributed by atoms with Crippen molar-refractivity contribution in [1.29, 1.82) is 0 Å². The van der Waals surface area contributed by atoms with Crippen molar-refractivity contribution >= 4 is 5.91 Å². The number of nitrogens with zero attached hydrogens (tertiary/aromatic N) is 3. The normalized spacial score (nSPS) is 21.8. The van der Waals surface area contributed by atoms with Crippen LogP contribution in [0.4, 0.5) is 0 Å². The van der Waals surface area contributed by atoms with Crippen molar-refractivity contribution in [3.05, 3.63) is 11.7 Å². The summed E-state index contributed by atoms with van der Waals surface area (Å²) >= 11 is 0. The molecule has 1 aliphatic carbocycles. The van der Waals surface area contributed by atoms with Crippen LogP contribution in [0.3, 0.4) is 0 Å². The molecule has 1 amide bonds. The van der Waals surface area contributed by atoms with E-state index in [1.165, 1.54) is 25.7 Å². The Morgan fingerprint density at radius 1 is 1.20 bits per heavy atom. The van der Waals surface area contributed by atoms with Crippen LogP contribution in [0.25, 0.3) is 0 Å². The van der Waals surface area contributed by atoms with E-state index in [9.17, 15) is 4.79 Å². The van der Waals surface area contributed by atoms with E-state index in [2.05, 4.69) is 10.1 Å². The number of ether oxygens (including phenoxy) is 2. The van der Waals surface area contributed by atoms with E-state index in [4.69, 9.17) is 14.0 Å². The van der Waals surface area contributed by atoms with Gasteiger partial charge < -0.3 is 18.9 Å². The predicted octanol–water partition coefficient (Wildman–Crippen LogP) is 2.87. The van der Waals surface area contributed by atoms with E-state index in [-0.39, 0.29) is 18.6 Å². The van der Waals surface area contributed by atoms with Crippen LogP contribution in [0.15, 0.2) is 4.52 Å². The van der Waals surface area contributed by atoms with Crippen LogP contribution in [-0.4, -0.2) is 47.8 Å². The lowest BCUT2D eigenvalue weighted by molar-refractivity contribution is -0.136. The van der Waals surface area contributed by atoms with E-state index < -0.39 is 0 Å². The Labute approximate surface area is 149 Å². The van der Waals surface area contributed by atoms with Gasteiger partial charge in [-0.15, -0.1) is 0 Å². The molecule has 0 N–H and O–H groups in total. The van der Waals surface area contributed by atoms with E-state index in [0.717, 1.165) is 25.8 Å². The maximum atomic E-state index is 12.8. The van der Waals surface area contributed by atoms with Gasteiger partial charge in [0.25, 0.3) is 5.89 Å². The number of amides is 1. The van der Waals surface area contributed by atoms with Crippen molar-refractivity contribution in [3.8, 4) is 0 Å². The average Bonchev–Trinajstić information content (AvgIpc) is 3.30. The van der Waals surface area contributed by atoms with Gasteiger partial charge >= 0.3 is 0 Å². The van der Waals surface area contributed by atoms with Crippen LogP contribution in [0.5, 0.6) is 0 Å². The van der Waals surface area contributed by atoms with Crippen LogP contribution in [-0.2, 0) is 20.9 Å². The van der Waals surface area contributed by atoms with Gasteiger partial charge in [-0.3, -0.25) is 4.79 Å². The smallest absolute Gasteiger partial charge is 0.252 e. The zero-order valence-electron chi connectivity index (χ0n) is 15.1. The highest BCUT2D eigenvalue weighted by Crippen LogP contribution is 2.33. The van der Waals surface area contributed by atoms with Crippen molar-refractivity contribution in [1.82, 2.24) is 15.0 Å². The maximum absolute atomic E-state index is 12.8. The molecule has 25 heavy (non-hydrogen) atoms. The van der Waals surface area contributed by atoms with Gasteiger partial charge in [0.1, 0.15) is 6.61 Å². The first-order valence-corrected chi connectivity index (χ1v) is 9.46. The van der Waals surface area contributed by atoms with Crippen LogP contribution < -0.4 is 0 Å². The first-order valence-electron chi connectivity index (χ1n) is 9.46. The average molecular weight is 351 g/mol. The summed E-state index contributed by atoms with van der Waals surface area (Å²) < 4.78 is 15.7. The fourth-order valence-corrected chi connectivity index (χ4v) is 3.84. The lowest BCUT2D eigenvalue weighted by Gasteiger charge is -2.34. The molecule has 1 saturated heterocycles. The standard InChI is InChI=1S/C18H29N3O4/c1-23-10-11-24-13-16-19-18(20-25-16)15-8-4-5-9-21(15)17(22)12-14-6-2-3-7-14/h14-15H,2-13H2,1H3. The van der Waals surface area contributed by atoms with Gasteiger partial charge in [0, 0.05) is 20.1 Å². The minimum atomic E-state index is -0.0564. The first-order chi connectivity index (χ1) is 12.3. The lowest BCUT2D eigenvalue weighted by Crippen LogP contribution is -2.39. The number of carbonyl (C=O) groups is 1. The van der Waals surface area contributed by atoms with Crippen LogP contribution >= 0.6 is 0 Å². The molecule has 0 aromatic carbocycles. The Bertz CT molecular complexity index is 542. The number of carbonyl (C=O) groups excluding carboxylic acids is 1. The van der Waals surface area contributed by atoms with Gasteiger partial charge in [0.2, 0.25) is 5.91 Å². The van der Waals surface area contributed by atoms with Crippen molar-refractivity contribution in [2.45, 2.75) is 64.0 Å². The Kier molecular flexibility index (Phi) is 6.81. The summed E-state index contributed by atoms with van der Waals surface area (Å²) in [6, 6.07) is -0.0564. The van der Waals surface area contributed by atoms with Crippen LogP contribution in [0.2, 0.25) is 0 Å². The molecule has 1 aromatic rings. The Morgan fingerprint density at radius 3 is 2.80 bits per heavy atom. The van der Waals surface area contributed by atoms with E-state index in [1.807, 2.05) is 4.90 Å². The molecule has 0 radical (unpaired) electrons. The number of aromatic nitrogens is 2. The van der Waals surface area contributed by atoms with Crippen molar-refractivity contribution < 1.29 is 18.8 Å². The van der Waals surface area contributed by atoms with Crippen LogP contribution in [0, 0.1) is 5.92 Å². The number of rotatable bonds is 8. The van der Waals surface area contributed by atoms with Crippen molar-refractivity contribution in [2.75, 3.05) is 26.9 Å². The molecule has 1 aliphatic heterocycles. The fraction of sp³-hybridized carbons (Fsp3) is 0.833. The van der Waals surface area contributed by atoms with Crippen molar-refractivity contribution in [3.63, 3.8) is 0 Å². The Morgan fingerprint density at radius 2 is 2.00 bits per heavy atom. The second-order valence-corrected chi connectivity index (χ2v) is 7.05. The largest absolute Gasteiger partial charge is 0.382 e. The molecule has 2 fully saturated rings. The van der Waals surface area contributed by atoms with Gasteiger partial charge in [0.05, 0.1) is 19.3 Å². The van der Waals surface area contributed by atoms with Gasteiger partial charge in [-0.25, -0.2) is 0 Å². The quantitative estimate of drug-likeness (QED) is 0.670. The van der Waals surface area contributed by atoms with Gasteiger partial charge in [-0.05, 0) is 38.0 Å². The summed E-state index contributed by atoms with van der Waals surface area (Å²) in [6.07, 6.45) is 8.62. The van der Waals surface area contributed by atoms with Gasteiger partial charge in [-0.2, -0.15) is 4.98 Å². The summed E-state index contributed by atoms with van der Waals surface area (Å²) in [5, 5.41) is 4.11. The first kappa shape index (κ1) is 18.3. The Balaban J connectivity index is 1.58. The minimum absolute atomic E-state index is 0.0564. The summed E-state index contributed by atoms with van der Waals surface area (Å²) in [6.45, 7) is 2.10. The SMILES string of the molecule is COCCOCc1nc(C2CCCCN2C(=O)CC2CCCC2)no1. The molecular formula is C18H29N3O4. The molecule has 140 valence electrons. The fourth-order valence-electron chi connectivity index (χ4n) is 3.84. The zero-order valence-corrected chi connectivity index (χ0v) is 15.1. The number of piperidine rings is 1. The second-order valence-electron chi connectivity index (χ2n) is 7.05. The summed E-state index contributed by atoms with van der Waals surface area (Å²) in [4.78, 5) is 19.2. The van der Waals surface area contributed by atoms with E-state index in [1.54, 1.807) is 7.11 Å². The third-order valence-electron chi connectivity index (χ3n) is 5.20. The molecule has 0 bridgehead atoms. The topological polar surface area (TPSA) is 77.7 Å². The molecule has 2 heterocycles. The summed E-state index contributed by atoms with van der Waals surface area (Å²) in [7, 11) is 1.63. The zero-order chi connectivity index (χ0) is 17.5. The van der Waals surface area contributed by atoms with E-state index in [0.29, 0.717) is 37.3 Å². The third kappa shape index (κ3) is 5.01. The van der Waals surface area contributed by atoms with Gasteiger partial charge in [-0.1, -0.05) is 18.0 Å². The molecule has 1 atom stereocenters. The Hall–Kier alpha value is -1.47.